The first kappa shape index (κ1) is 15.2. The highest BCUT2D eigenvalue weighted by Crippen LogP contribution is 2.31. The molecule has 2 nitrogen and oxygen atoms in total. The lowest BCUT2D eigenvalue weighted by Gasteiger charge is -2.17. The second-order valence-electron chi connectivity index (χ2n) is 4.18. The maximum absolute atomic E-state index is 13.5. The molecule has 0 bridgehead atoms. The van der Waals surface area contributed by atoms with Gasteiger partial charge in [-0.15, -0.1) is 0 Å². The number of hydrogen-bond donors (Lipinski definition) is 1. The fourth-order valence-electron chi connectivity index (χ4n) is 1.70. The Labute approximate surface area is 133 Å². The summed E-state index contributed by atoms with van der Waals surface area (Å²) in [5.41, 5.74) is 1.15. The summed E-state index contributed by atoms with van der Waals surface area (Å²) in [6.45, 7) is 0. The van der Waals surface area contributed by atoms with Gasteiger partial charge in [-0.3, -0.25) is 4.79 Å². The molecule has 5 heteroatoms. The summed E-state index contributed by atoms with van der Waals surface area (Å²) in [6.07, 6.45) is 0. The van der Waals surface area contributed by atoms with Gasteiger partial charge in [-0.25, -0.2) is 4.39 Å². The molecule has 2 aromatic carbocycles. The first-order chi connectivity index (χ1) is 9.59. The molecule has 0 aromatic heterocycles. The number of rotatable bonds is 4. The zero-order chi connectivity index (χ0) is 14.5. The van der Waals surface area contributed by atoms with Crippen LogP contribution in [0.1, 0.15) is 10.4 Å². The van der Waals surface area contributed by atoms with Gasteiger partial charge in [0.05, 0.1) is 10.5 Å². The number of carbonyl (C=O) groups excluding carboxylic acids is 1. The van der Waals surface area contributed by atoms with Crippen LogP contribution in [0.4, 0.5) is 10.1 Å². The smallest absolute Gasteiger partial charge is 0.239 e. The molecule has 0 spiro atoms. The predicted octanol–water partition coefficient (Wildman–Crippen LogP) is 4.66. The molecule has 1 N–H and O–H groups in total. The second-order valence-corrected chi connectivity index (χ2v) is 6.16. The molecule has 0 heterocycles. The van der Waals surface area contributed by atoms with Gasteiger partial charge in [0.25, 0.3) is 0 Å². The van der Waals surface area contributed by atoms with E-state index in [0.717, 1.165) is 5.56 Å². The van der Waals surface area contributed by atoms with Crippen LogP contribution in [0.25, 0.3) is 0 Å². The van der Waals surface area contributed by atoms with E-state index in [-0.39, 0.29) is 16.4 Å². The topological polar surface area (TPSA) is 29.1 Å². The van der Waals surface area contributed by atoms with Crippen LogP contribution in [0, 0.1) is 5.82 Å². The van der Waals surface area contributed by atoms with E-state index in [4.69, 9.17) is 0 Å². The van der Waals surface area contributed by atoms with E-state index in [1.807, 2.05) is 30.3 Å². The Morgan fingerprint density at radius 3 is 2.25 bits per heavy atom. The first-order valence-electron chi connectivity index (χ1n) is 5.98. The molecule has 2 aromatic rings. The van der Waals surface area contributed by atoms with Crippen LogP contribution < -0.4 is 5.32 Å². The van der Waals surface area contributed by atoms with Gasteiger partial charge in [-0.1, -0.05) is 74.3 Å². The predicted molar refractivity (Wildman–Crippen MR) is 85.9 cm³/mol. The molecular weight excluding hydrogens is 389 g/mol. The third-order valence-electron chi connectivity index (χ3n) is 2.76. The molecule has 0 aliphatic rings. The highest BCUT2D eigenvalue weighted by Gasteiger charge is 2.25. The van der Waals surface area contributed by atoms with Gasteiger partial charge in [0.15, 0.2) is 0 Å². The largest absolute Gasteiger partial charge is 0.323 e. The minimum atomic E-state index is -0.510. The number of alkyl halides is 2. The summed E-state index contributed by atoms with van der Waals surface area (Å²) in [5.74, 6) is -0.757. The van der Waals surface area contributed by atoms with E-state index in [9.17, 15) is 9.18 Å². The van der Waals surface area contributed by atoms with E-state index in [2.05, 4.69) is 37.2 Å². The molecule has 104 valence electrons. The fourth-order valence-corrected chi connectivity index (χ4v) is 2.67. The van der Waals surface area contributed by atoms with E-state index < -0.39 is 10.6 Å². The summed E-state index contributed by atoms with van der Waals surface area (Å²) in [5, 5.41) is 2.57. The number of nitrogens with one attached hydrogen (secondary N) is 1. The molecule has 0 radical (unpaired) electrons. The van der Waals surface area contributed by atoms with Crippen molar-refractivity contribution in [1.82, 2.24) is 0 Å². The standard InChI is InChI=1S/C15H12Br2FNO/c16-13(10-6-2-1-3-7-10)14(17)15(20)19-12-9-5-4-8-11(12)18/h1-9,13-14H,(H,19,20)/t13-,14-/m0/s1. The number of benzene rings is 2. The Morgan fingerprint density at radius 2 is 1.60 bits per heavy atom. The first-order valence-corrected chi connectivity index (χ1v) is 7.81. The Balaban J connectivity index is 2.08. The summed E-state index contributed by atoms with van der Waals surface area (Å²) < 4.78 is 13.5. The molecule has 0 unspecified atom stereocenters. The summed E-state index contributed by atoms with van der Waals surface area (Å²) in [7, 11) is 0. The van der Waals surface area contributed by atoms with E-state index >= 15 is 0 Å². The highest BCUT2D eigenvalue weighted by atomic mass is 79.9. The lowest BCUT2D eigenvalue weighted by atomic mass is 10.1. The molecule has 0 saturated carbocycles. The highest BCUT2D eigenvalue weighted by molar-refractivity contribution is 9.12. The van der Waals surface area contributed by atoms with Crippen molar-refractivity contribution in [2.24, 2.45) is 0 Å². The van der Waals surface area contributed by atoms with Crippen LogP contribution >= 0.6 is 31.9 Å². The summed E-state index contributed by atoms with van der Waals surface area (Å²) in [4.78, 5) is 11.4. The lowest BCUT2D eigenvalue weighted by Crippen LogP contribution is -2.26. The zero-order valence-electron chi connectivity index (χ0n) is 10.4. The van der Waals surface area contributed by atoms with Crippen molar-refractivity contribution in [2.75, 3.05) is 5.32 Å². The molecule has 2 atom stereocenters. The molecule has 1 amide bonds. The monoisotopic (exact) mass is 399 g/mol. The fraction of sp³-hybridized carbons (Fsp3) is 0.133. The van der Waals surface area contributed by atoms with Crippen molar-refractivity contribution in [2.45, 2.75) is 9.65 Å². The number of halogens is 3. The van der Waals surface area contributed by atoms with Crippen molar-refractivity contribution in [3.05, 3.63) is 66.0 Å². The zero-order valence-corrected chi connectivity index (χ0v) is 13.6. The Morgan fingerprint density at radius 1 is 1.00 bits per heavy atom. The van der Waals surface area contributed by atoms with Crippen LogP contribution in [0.5, 0.6) is 0 Å². The number of carbonyl (C=O) groups is 1. The van der Waals surface area contributed by atoms with Crippen molar-refractivity contribution in [3.8, 4) is 0 Å². The third kappa shape index (κ3) is 3.67. The number of amides is 1. The van der Waals surface area contributed by atoms with Gasteiger partial charge >= 0.3 is 0 Å². The maximum atomic E-state index is 13.5. The number of anilines is 1. The Bertz CT molecular complexity index is 591. The molecule has 0 aliphatic carbocycles. The second kappa shape index (κ2) is 6.99. The molecule has 20 heavy (non-hydrogen) atoms. The van der Waals surface area contributed by atoms with Crippen LogP contribution in [0.3, 0.4) is 0 Å². The van der Waals surface area contributed by atoms with E-state index in [1.54, 1.807) is 12.1 Å². The van der Waals surface area contributed by atoms with Crippen LogP contribution in [-0.4, -0.2) is 10.7 Å². The minimum absolute atomic E-state index is 0.176. The summed E-state index contributed by atoms with van der Waals surface area (Å²) >= 11 is 6.83. The van der Waals surface area contributed by atoms with Crippen molar-refractivity contribution >= 4 is 43.5 Å². The van der Waals surface area contributed by atoms with Gasteiger partial charge in [0, 0.05) is 0 Å². The maximum Gasteiger partial charge on any atom is 0.239 e. The molecule has 2 rings (SSSR count). The van der Waals surface area contributed by atoms with Crippen LogP contribution in [0.2, 0.25) is 0 Å². The quantitative estimate of drug-likeness (QED) is 0.742. The normalized spacial score (nSPS) is 13.6. The van der Waals surface area contributed by atoms with Crippen molar-refractivity contribution in [1.29, 1.82) is 0 Å². The van der Waals surface area contributed by atoms with Crippen LogP contribution in [-0.2, 0) is 4.79 Å². The van der Waals surface area contributed by atoms with Crippen LogP contribution in [0.15, 0.2) is 54.6 Å². The van der Waals surface area contributed by atoms with Gasteiger partial charge in [0.2, 0.25) is 5.91 Å². The molecule has 0 saturated heterocycles. The van der Waals surface area contributed by atoms with Crippen molar-refractivity contribution in [3.63, 3.8) is 0 Å². The van der Waals surface area contributed by atoms with Gasteiger partial charge < -0.3 is 5.32 Å². The van der Waals surface area contributed by atoms with E-state index in [0.29, 0.717) is 0 Å². The third-order valence-corrected chi connectivity index (χ3v) is 5.47. The number of hydrogen-bond acceptors (Lipinski definition) is 1. The molecule has 0 fully saturated rings. The van der Waals surface area contributed by atoms with E-state index in [1.165, 1.54) is 12.1 Å². The van der Waals surface area contributed by atoms with Gasteiger partial charge in [-0.05, 0) is 17.7 Å². The van der Waals surface area contributed by atoms with Crippen molar-refractivity contribution < 1.29 is 9.18 Å². The van der Waals surface area contributed by atoms with Gasteiger partial charge in [-0.2, -0.15) is 0 Å². The molecular formula is C15H12Br2FNO. The average molecular weight is 401 g/mol. The Kier molecular flexibility index (Phi) is 5.31. The average Bonchev–Trinajstić information content (AvgIpc) is 2.49. The SMILES string of the molecule is O=C(Nc1ccccc1F)[C@@H](Br)[C@@H](Br)c1ccccc1. The van der Waals surface area contributed by atoms with Gasteiger partial charge in [0.1, 0.15) is 10.6 Å². The molecule has 0 aliphatic heterocycles. The number of para-hydroxylation sites is 1. The minimum Gasteiger partial charge on any atom is -0.323 e. The lowest BCUT2D eigenvalue weighted by molar-refractivity contribution is -0.115. The summed E-state index contributed by atoms with van der Waals surface area (Å²) in [6, 6.07) is 15.6. The Hall–Kier alpha value is -1.20.